The SMILES string of the molecule is CCCC/C=C\C/C=C\CCCCCCCC(=O)O[C@H](COC(=O)CCCCCCCCCCCCCCCCCC)COP(=O)(O)OC[C@H](N)C(=O)O. The van der Waals surface area contributed by atoms with E-state index < -0.39 is 51.1 Å². The summed E-state index contributed by atoms with van der Waals surface area (Å²) in [5.41, 5.74) is 5.33. The predicted octanol–water partition coefficient (Wildman–Crippen LogP) is 11.1. The molecule has 4 N–H and O–H groups in total. The van der Waals surface area contributed by atoms with Crippen molar-refractivity contribution in [1.82, 2.24) is 0 Å². The molecule has 0 rings (SSSR count). The molecule has 0 aliphatic carbocycles. The van der Waals surface area contributed by atoms with Gasteiger partial charge in [-0.3, -0.25) is 23.4 Å². The Morgan fingerprint density at radius 3 is 1.50 bits per heavy atom. The van der Waals surface area contributed by atoms with Crippen molar-refractivity contribution in [3.8, 4) is 0 Å². The first-order chi connectivity index (χ1) is 26.1. The number of hydrogen-bond donors (Lipinski definition) is 3. The summed E-state index contributed by atoms with van der Waals surface area (Å²) in [6.45, 7) is 2.76. The van der Waals surface area contributed by atoms with E-state index in [1.807, 2.05) is 0 Å². The summed E-state index contributed by atoms with van der Waals surface area (Å²) in [5.74, 6) is -2.39. The third kappa shape index (κ3) is 36.9. The van der Waals surface area contributed by atoms with Gasteiger partial charge in [-0.15, -0.1) is 0 Å². The molecule has 0 aromatic carbocycles. The molecule has 0 aromatic heterocycles. The first kappa shape index (κ1) is 52.0. The molecule has 11 nitrogen and oxygen atoms in total. The normalized spacial score (nSPS) is 14.0. The minimum absolute atomic E-state index is 0.147. The third-order valence-electron chi connectivity index (χ3n) is 9.20. The van der Waals surface area contributed by atoms with Gasteiger partial charge in [0.1, 0.15) is 12.6 Å². The fourth-order valence-corrected chi connectivity index (χ4v) is 6.57. The Morgan fingerprint density at radius 2 is 1.00 bits per heavy atom. The molecule has 0 radical (unpaired) electrons. The molecular weight excluding hydrogens is 709 g/mol. The number of carbonyl (C=O) groups excluding carboxylic acids is 2. The maximum absolute atomic E-state index is 12.6. The van der Waals surface area contributed by atoms with Crippen LogP contribution >= 0.6 is 7.82 Å². The zero-order chi connectivity index (χ0) is 40.0. The summed E-state index contributed by atoms with van der Waals surface area (Å²) in [4.78, 5) is 45.9. The van der Waals surface area contributed by atoms with Gasteiger partial charge >= 0.3 is 25.7 Å². The van der Waals surface area contributed by atoms with Crippen LogP contribution in [0.15, 0.2) is 24.3 Å². The minimum atomic E-state index is -4.71. The molecule has 12 heteroatoms. The average Bonchev–Trinajstić information content (AvgIpc) is 3.14. The summed E-state index contributed by atoms with van der Waals surface area (Å²) >= 11 is 0. The minimum Gasteiger partial charge on any atom is -0.480 e. The lowest BCUT2D eigenvalue weighted by molar-refractivity contribution is -0.161. The number of carbonyl (C=O) groups is 3. The molecule has 0 amide bonds. The molecule has 0 aliphatic heterocycles. The molecule has 316 valence electrons. The maximum Gasteiger partial charge on any atom is 0.472 e. The summed E-state index contributed by atoms with van der Waals surface area (Å²) in [6, 6.07) is -1.52. The lowest BCUT2D eigenvalue weighted by Gasteiger charge is -2.20. The molecule has 0 saturated carbocycles. The second kappa shape index (κ2) is 37.9. The van der Waals surface area contributed by atoms with Crippen molar-refractivity contribution in [3.05, 3.63) is 24.3 Å². The first-order valence-electron chi connectivity index (χ1n) is 21.4. The van der Waals surface area contributed by atoms with Gasteiger partial charge in [0.05, 0.1) is 13.2 Å². The highest BCUT2D eigenvalue weighted by Gasteiger charge is 2.28. The van der Waals surface area contributed by atoms with Crippen LogP contribution in [0.5, 0.6) is 0 Å². The maximum atomic E-state index is 12.6. The Morgan fingerprint density at radius 1 is 0.574 bits per heavy atom. The van der Waals surface area contributed by atoms with E-state index in [4.69, 9.17) is 24.8 Å². The third-order valence-corrected chi connectivity index (χ3v) is 10.2. The van der Waals surface area contributed by atoms with Gasteiger partial charge in [0, 0.05) is 12.8 Å². The molecule has 0 bridgehead atoms. The van der Waals surface area contributed by atoms with E-state index in [9.17, 15) is 23.8 Å². The molecule has 0 spiro atoms. The number of carboxylic acid groups (broad SMARTS) is 1. The zero-order valence-corrected chi connectivity index (χ0v) is 35.0. The quantitative estimate of drug-likeness (QED) is 0.0233. The number of esters is 2. The largest absolute Gasteiger partial charge is 0.480 e. The Hall–Kier alpha value is -2.04. The Balaban J connectivity index is 4.36. The highest BCUT2D eigenvalue weighted by molar-refractivity contribution is 7.47. The highest BCUT2D eigenvalue weighted by atomic mass is 31.2. The van der Waals surface area contributed by atoms with E-state index in [1.165, 1.54) is 89.9 Å². The number of allylic oxidation sites excluding steroid dienone is 4. The van der Waals surface area contributed by atoms with Crippen LogP contribution in [0.2, 0.25) is 0 Å². The molecule has 0 aliphatic rings. The van der Waals surface area contributed by atoms with Gasteiger partial charge in [0.2, 0.25) is 0 Å². The van der Waals surface area contributed by atoms with Crippen LogP contribution in [0.1, 0.15) is 194 Å². The van der Waals surface area contributed by atoms with E-state index in [2.05, 4.69) is 42.7 Å². The number of phosphoric ester groups is 1. The molecular formula is C42H78NO10P. The molecule has 1 unspecified atom stereocenters. The van der Waals surface area contributed by atoms with Gasteiger partial charge in [-0.25, -0.2) is 4.57 Å². The molecule has 54 heavy (non-hydrogen) atoms. The number of carboxylic acids is 1. The predicted molar refractivity (Wildman–Crippen MR) is 217 cm³/mol. The number of phosphoric acid groups is 1. The number of rotatable bonds is 40. The van der Waals surface area contributed by atoms with Crippen molar-refractivity contribution < 1.29 is 47.5 Å². The number of unbranched alkanes of at least 4 members (excludes halogenated alkanes) is 22. The van der Waals surface area contributed by atoms with Gasteiger partial charge in [0.25, 0.3) is 0 Å². The molecule has 0 saturated heterocycles. The number of aliphatic carboxylic acids is 1. The van der Waals surface area contributed by atoms with E-state index in [0.29, 0.717) is 12.8 Å². The zero-order valence-electron chi connectivity index (χ0n) is 34.1. The van der Waals surface area contributed by atoms with Crippen molar-refractivity contribution in [2.24, 2.45) is 5.73 Å². The van der Waals surface area contributed by atoms with Crippen molar-refractivity contribution >= 4 is 25.7 Å². The van der Waals surface area contributed by atoms with Gasteiger partial charge in [-0.1, -0.05) is 167 Å². The standard InChI is InChI=1S/C42H78NO10P/c1-3-5-7-9-11-13-15-17-19-20-22-23-25-27-29-31-33-40(44)50-35-38(36-51-54(48,49)52-37-39(43)42(46)47)53-41(45)34-32-30-28-26-24-21-18-16-14-12-10-8-6-4-2/h10,12,16,18,38-39H,3-9,11,13-15,17,19-37,43H2,1-2H3,(H,46,47)(H,48,49)/b12-10-,18-16-/t38-,39+/m1/s1. The molecule has 0 aromatic rings. The van der Waals surface area contributed by atoms with Gasteiger partial charge in [-0.2, -0.15) is 0 Å². The van der Waals surface area contributed by atoms with Crippen LogP contribution in [-0.4, -0.2) is 59.9 Å². The molecule has 0 fully saturated rings. The lowest BCUT2D eigenvalue weighted by atomic mass is 10.0. The summed E-state index contributed by atoms with van der Waals surface area (Å²) in [7, 11) is -4.71. The smallest absolute Gasteiger partial charge is 0.472 e. The number of nitrogens with two attached hydrogens (primary N) is 1. The van der Waals surface area contributed by atoms with Crippen LogP contribution in [0, 0.1) is 0 Å². The monoisotopic (exact) mass is 788 g/mol. The van der Waals surface area contributed by atoms with Crippen LogP contribution in [0.3, 0.4) is 0 Å². The average molecular weight is 788 g/mol. The van der Waals surface area contributed by atoms with E-state index in [1.54, 1.807) is 0 Å². The van der Waals surface area contributed by atoms with Crippen LogP contribution in [0.4, 0.5) is 0 Å². The van der Waals surface area contributed by atoms with Crippen LogP contribution < -0.4 is 5.73 Å². The van der Waals surface area contributed by atoms with Crippen molar-refractivity contribution in [1.29, 1.82) is 0 Å². The summed E-state index contributed by atoms with van der Waals surface area (Å²) < 4.78 is 32.7. The highest BCUT2D eigenvalue weighted by Crippen LogP contribution is 2.43. The second-order valence-electron chi connectivity index (χ2n) is 14.5. The van der Waals surface area contributed by atoms with E-state index in [0.717, 1.165) is 64.2 Å². The number of ether oxygens (including phenoxy) is 2. The fourth-order valence-electron chi connectivity index (χ4n) is 5.79. The Kier molecular flexibility index (Phi) is 36.4. The number of hydrogen-bond acceptors (Lipinski definition) is 9. The van der Waals surface area contributed by atoms with Crippen molar-refractivity contribution in [2.45, 2.75) is 206 Å². The van der Waals surface area contributed by atoms with E-state index >= 15 is 0 Å². The second-order valence-corrected chi connectivity index (χ2v) is 15.9. The topological polar surface area (TPSA) is 172 Å². The van der Waals surface area contributed by atoms with Crippen molar-refractivity contribution in [3.63, 3.8) is 0 Å². The lowest BCUT2D eigenvalue weighted by Crippen LogP contribution is -2.34. The Labute approximate surface area is 328 Å². The molecule has 0 heterocycles. The molecule has 3 atom stereocenters. The first-order valence-corrected chi connectivity index (χ1v) is 22.9. The van der Waals surface area contributed by atoms with Crippen LogP contribution in [0.25, 0.3) is 0 Å². The van der Waals surface area contributed by atoms with Gasteiger partial charge in [-0.05, 0) is 38.5 Å². The summed E-state index contributed by atoms with van der Waals surface area (Å²) in [6.07, 6.45) is 38.1. The van der Waals surface area contributed by atoms with Gasteiger partial charge < -0.3 is 25.2 Å². The van der Waals surface area contributed by atoms with Crippen molar-refractivity contribution in [2.75, 3.05) is 19.8 Å². The summed E-state index contributed by atoms with van der Waals surface area (Å²) in [5, 5.41) is 8.88. The fraction of sp³-hybridized carbons (Fsp3) is 0.833. The Bertz CT molecular complexity index is 1020. The van der Waals surface area contributed by atoms with Crippen LogP contribution in [-0.2, 0) is 37.5 Å². The van der Waals surface area contributed by atoms with E-state index in [-0.39, 0.29) is 19.4 Å². The van der Waals surface area contributed by atoms with Gasteiger partial charge in [0.15, 0.2) is 6.10 Å².